The van der Waals surface area contributed by atoms with E-state index in [1.54, 1.807) is 41.4 Å². The molecule has 1 saturated heterocycles. The van der Waals surface area contributed by atoms with Gasteiger partial charge in [0.2, 0.25) is 11.8 Å². The number of benzene rings is 3. The van der Waals surface area contributed by atoms with E-state index < -0.39 is 0 Å². The van der Waals surface area contributed by atoms with E-state index in [2.05, 4.69) is 46.1 Å². The zero-order valence-electron chi connectivity index (χ0n) is 29.6. The van der Waals surface area contributed by atoms with Crippen molar-refractivity contribution < 1.29 is 23.7 Å². The summed E-state index contributed by atoms with van der Waals surface area (Å²) < 4.78 is 23.8. The van der Waals surface area contributed by atoms with E-state index in [1.165, 1.54) is 5.56 Å². The van der Waals surface area contributed by atoms with Gasteiger partial charge < -0.3 is 23.8 Å². The van der Waals surface area contributed by atoms with E-state index in [9.17, 15) is 4.79 Å². The molecular formula is C41H44N4O5S. The Balaban J connectivity index is 0.957. The fourth-order valence-electron chi connectivity index (χ4n) is 5.96. The average molecular weight is 705 g/mol. The number of hydrogen-bond donors (Lipinski definition) is 0. The molecule has 0 radical (unpaired) electrons. The second-order valence-electron chi connectivity index (χ2n) is 12.5. The van der Waals surface area contributed by atoms with Gasteiger partial charge >= 0.3 is 0 Å². The summed E-state index contributed by atoms with van der Waals surface area (Å²) in [6, 6.07) is 24.1. The van der Waals surface area contributed by atoms with Crippen molar-refractivity contribution in [2.24, 2.45) is 0 Å². The van der Waals surface area contributed by atoms with E-state index in [-0.39, 0.29) is 12.0 Å². The van der Waals surface area contributed by atoms with E-state index in [1.807, 2.05) is 74.2 Å². The molecule has 264 valence electrons. The highest BCUT2D eigenvalue weighted by molar-refractivity contribution is 7.09. The molecule has 3 heterocycles. The lowest BCUT2D eigenvalue weighted by atomic mass is 10.1. The third-order valence-electron chi connectivity index (χ3n) is 8.67. The van der Waals surface area contributed by atoms with Gasteiger partial charge in [0.25, 0.3) is 0 Å². The molecule has 2 aromatic heterocycles. The van der Waals surface area contributed by atoms with Gasteiger partial charge in [-0.2, -0.15) is 0 Å². The van der Waals surface area contributed by atoms with Crippen LogP contribution in [0.15, 0.2) is 96.8 Å². The highest BCUT2D eigenvalue weighted by atomic mass is 32.1. The third-order valence-corrected chi connectivity index (χ3v) is 9.43. The Morgan fingerprint density at radius 3 is 2.33 bits per heavy atom. The highest BCUT2D eigenvalue weighted by Crippen LogP contribution is 2.32. The molecular weight excluding hydrogens is 661 g/mol. The van der Waals surface area contributed by atoms with Crippen molar-refractivity contribution in [1.29, 1.82) is 0 Å². The van der Waals surface area contributed by atoms with Crippen molar-refractivity contribution in [3.63, 3.8) is 0 Å². The predicted octanol–water partition coefficient (Wildman–Crippen LogP) is 8.42. The molecule has 1 amide bonds. The van der Waals surface area contributed by atoms with Crippen LogP contribution >= 0.6 is 11.3 Å². The van der Waals surface area contributed by atoms with E-state index in [0.717, 1.165) is 64.0 Å². The zero-order chi connectivity index (χ0) is 35.6. The lowest BCUT2D eigenvalue weighted by Crippen LogP contribution is -2.47. The number of carbonyl (C=O) groups is 1. The van der Waals surface area contributed by atoms with Crippen molar-refractivity contribution in [2.45, 2.75) is 47.0 Å². The van der Waals surface area contributed by atoms with Crippen LogP contribution in [0.1, 0.15) is 52.6 Å². The highest BCUT2D eigenvalue weighted by Gasteiger charge is 2.20. The smallest absolute Gasteiger partial charge is 0.246 e. The maximum Gasteiger partial charge on any atom is 0.246 e. The molecule has 10 heteroatoms. The van der Waals surface area contributed by atoms with Gasteiger partial charge in [-0.05, 0) is 91.9 Å². The summed E-state index contributed by atoms with van der Waals surface area (Å²) in [6.45, 7) is 12.9. The molecule has 1 unspecified atom stereocenters. The van der Waals surface area contributed by atoms with Crippen molar-refractivity contribution in [3.05, 3.63) is 129 Å². The molecule has 51 heavy (non-hydrogen) atoms. The molecule has 9 nitrogen and oxygen atoms in total. The first-order valence-electron chi connectivity index (χ1n) is 17.3. The predicted molar refractivity (Wildman–Crippen MR) is 201 cm³/mol. The van der Waals surface area contributed by atoms with Crippen molar-refractivity contribution >= 4 is 23.3 Å². The van der Waals surface area contributed by atoms with Crippen LogP contribution in [0.5, 0.6) is 28.9 Å². The Labute approximate surface area is 304 Å². The Morgan fingerprint density at radius 1 is 0.922 bits per heavy atom. The van der Waals surface area contributed by atoms with Crippen LogP contribution in [0, 0.1) is 13.8 Å². The van der Waals surface area contributed by atoms with Gasteiger partial charge in [0.15, 0.2) is 11.5 Å². The molecule has 1 atom stereocenters. The minimum absolute atomic E-state index is 0.0244. The number of thiazole rings is 1. The topological polar surface area (TPSA) is 86.3 Å². The molecule has 3 aromatic carbocycles. The molecule has 5 aromatic rings. The standard InChI is InChI=1S/C41H44N4O5S/c1-5-47-37-8-6-7-9-38(37)49-31(4)34-13-10-32(11-14-34)26-44-18-20-45(21-19-44)40(46)17-12-33-22-29(2)41(30(3)23-33)50-39-16-15-35(24-43-39)48-27-36-25-42-28-51-36/h6-17,22-25,28,31H,5,18-21,26-27H2,1-4H3/b17-12+. The Morgan fingerprint density at radius 2 is 1.67 bits per heavy atom. The quantitative estimate of drug-likeness (QED) is 0.107. The second kappa shape index (κ2) is 17.2. The van der Waals surface area contributed by atoms with E-state index >= 15 is 0 Å². The first-order valence-corrected chi connectivity index (χ1v) is 18.1. The van der Waals surface area contributed by atoms with Crippen LogP contribution < -0.4 is 18.9 Å². The molecule has 0 N–H and O–H groups in total. The van der Waals surface area contributed by atoms with Gasteiger partial charge in [0.1, 0.15) is 24.2 Å². The number of ether oxygens (including phenoxy) is 4. The largest absolute Gasteiger partial charge is 0.490 e. The first kappa shape index (κ1) is 35.6. The molecule has 0 bridgehead atoms. The van der Waals surface area contributed by atoms with Crippen LogP contribution in [0.4, 0.5) is 0 Å². The molecule has 0 saturated carbocycles. The monoisotopic (exact) mass is 704 g/mol. The average Bonchev–Trinajstić information content (AvgIpc) is 3.67. The van der Waals surface area contributed by atoms with Crippen LogP contribution in [0.2, 0.25) is 0 Å². The molecule has 6 rings (SSSR count). The molecule has 0 spiro atoms. The molecule has 1 aliphatic heterocycles. The summed E-state index contributed by atoms with van der Waals surface area (Å²) in [7, 11) is 0. The molecule has 0 aliphatic carbocycles. The Kier molecular flexibility index (Phi) is 12.0. The maximum absolute atomic E-state index is 13.1. The number of rotatable bonds is 14. The number of nitrogens with zero attached hydrogens (tertiary/aromatic N) is 4. The lowest BCUT2D eigenvalue weighted by Gasteiger charge is -2.34. The maximum atomic E-state index is 13.1. The third kappa shape index (κ3) is 9.74. The number of amides is 1. The number of piperazine rings is 1. The number of pyridine rings is 1. The zero-order valence-corrected chi connectivity index (χ0v) is 30.4. The minimum Gasteiger partial charge on any atom is -0.490 e. The van der Waals surface area contributed by atoms with Crippen LogP contribution in [-0.4, -0.2) is 58.5 Å². The number of para-hydroxylation sites is 2. The van der Waals surface area contributed by atoms with Crippen molar-refractivity contribution in [3.8, 4) is 28.9 Å². The summed E-state index contributed by atoms with van der Waals surface area (Å²) in [5.74, 6) is 3.43. The van der Waals surface area contributed by atoms with Gasteiger partial charge in [-0.25, -0.2) is 4.98 Å². The van der Waals surface area contributed by atoms with E-state index in [4.69, 9.17) is 18.9 Å². The van der Waals surface area contributed by atoms with Gasteiger partial charge in [-0.3, -0.25) is 14.7 Å². The number of aromatic nitrogens is 2. The number of hydrogen-bond acceptors (Lipinski definition) is 9. The van der Waals surface area contributed by atoms with Gasteiger partial charge in [-0.1, -0.05) is 36.4 Å². The molecule has 1 aliphatic rings. The van der Waals surface area contributed by atoms with Gasteiger partial charge in [0, 0.05) is 51.1 Å². The number of carbonyl (C=O) groups excluding carboxylic acids is 1. The minimum atomic E-state index is -0.107. The van der Waals surface area contributed by atoms with Crippen molar-refractivity contribution in [1.82, 2.24) is 19.8 Å². The summed E-state index contributed by atoms with van der Waals surface area (Å²) in [5.41, 5.74) is 7.01. The van der Waals surface area contributed by atoms with Crippen LogP contribution in [-0.2, 0) is 17.9 Å². The van der Waals surface area contributed by atoms with Crippen LogP contribution in [0.3, 0.4) is 0 Å². The van der Waals surface area contributed by atoms with E-state index in [0.29, 0.717) is 37.9 Å². The summed E-state index contributed by atoms with van der Waals surface area (Å²) in [5, 5.41) is 0. The number of aryl methyl sites for hydroxylation is 2. The summed E-state index contributed by atoms with van der Waals surface area (Å²) >= 11 is 1.55. The SMILES string of the molecule is CCOc1ccccc1OC(C)c1ccc(CN2CCN(C(=O)/C=C/c3cc(C)c(Oc4ccc(OCc5cncs5)cn4)c(C)c3)CC2)cc1. The summed E-state index contributed by atoms with van der Waals surface area (Å²) in [4.78, 5) is 26.9. The van der Waals surface area contributed by atoms with Gasteiger partial charge in [0.05, 0.1) is 23.2 Å². The van der Waals surface area contributed by atoms with Crippen LogP contribution in [0.25, 0.3) is 6.08 Å². The lowest BCUT2D eigenvalue weighted by molar-refractivity contribution is -0.127. The summed E-state index contributed by atoms with van der Waals surface area (Å²) in [6.07, 6.45) is 6.90. The second-order valence-corrected chi connectivity index (χ2v) is 13.5. The Hall–Kier alpha value is -5.19. The fraction of sp³-hybridized carbons (Fsp3) is 0.293. The van der Waals surface area contributed by atoms with Crippen molar-refractivity contribution in [2.75, 3.05) is 32.8 Å². The molecule has 1 fully saturated rings. The fourth-order valence-corrected chi connectivity index (χ4v) is 6.46. The van der Waals surface area contributed by atoms with Gasteiger partial charge in [-0.15, -0.1) is 11.3 Å². The first-order chi connectivity index (χ1) is 24.8. The normalized spacial score (nSPS) is 14.0. The Bertz CT molecular complexity index is 1880.